The average molecular weight is 345 g/mol. The molecule has 0 saturated heterocycles. The van der Waals surface area contributed by atoms with Crippen molar-refractivity contribution < 1.29 is 9.53 Å². The number of fused-ring (bicyclic) bond motifs is 1. The molecule has 0 aliphatic carbocycles. The lowest BCUT2D eigenvalue weighted by molar-refractivity contribution is 0.0951. The minimum atomic E-state index is -0.340. The van der Waals surface area contributed by atoms with Crippen molar-refractivity contribution in [2.45, 2.75) is 39.6 Å². The number of H-pyrrole nitrogens is 1. The predicted molar refractivity (Wildman–Crippen MR) is 97.7 cm³/mol. The van der Waals surface area contributed by atoms with Crippen molar-refractivity contribution in [2.24, 2.45) is 0 Å². The van der Waals surface area contributed by atoms with Crippen molar-refractivity contribution in [1.29, 1.82) is 0 Å². The second-order valence-corrected chi connectivity index (χ2v) is 6.52. The van der Waals surface area contributed by atoms with Crippen LogP contribution in [0.15, 0.2) is 30.3 Å². The zero-order chi connectivity index (χ0) is 18.4. The minimum Gasteiger partial charge on any atom is -0.445 e. The standard InChI is InChI=1S/C13H14N4O2.C5H13N/c14-12-10-6-17(7-11(10)15-16-12)13(18)19-8-9-4-2-1-3-5-9;1-5(2)6(3)4/h1-5H,6-8H2,(H3,14,15,16);5H,1-4H3. The first kappa shape index (κ1) is 18.8. The summed E-state index contributed by atoms with van der Waals surface area (Å²) in [5.74, 6) is 0.452. The highest BCUT2D eigenvalue weighted by Gasteiger charge is 2.28. The Hall–Kier alpha value is -2.54. The highest BCUT2D eigenvalue weighted by atomic mass is 16.6. The van der Waals surface area contributed by atoms with Crippen LogP contribution in [0.1, 0.15) is 30.7 Å². The number of amides is 1. The molecule has 2 heterocycles. The molecular weight excluding hydrogens is 318 g/mol. The molecule has 3 N–H and O–H groups in total. The molecule has 0 fully saturated rings. The van der Waals surface area contributed by atoms with E-state index < -0.39 is 0 Å². The lowest BCUT2D eigenvalue weighted by Gasteiger charge is -2.15. The van der Waals surface area contributed by atoms with Gasteiger partial charge in [-0.05, 0) is 33.5 Å². The molecule has 25 heavy (non-hydrogen) atoms. The van der Waals surface area contributed by atoms with Gasteiger partial charge in [0.05, 0.1) is 18.8 Å². The molecule has 0 unspecified atom stereocenters. The zero-order valence-corrected chi connectivity index (χ0v) is 15.3. The first-order valence-corrected chi connectivity index (χ1v) is 8.32. The van der Waals surface area contributed by atoms with E-state index >= 15 is 0 Å². The van der Waals surface area contributed by atoms with E-state index in [0.717, 1.165) is 16.8 Å². The van der Waals surface area contributed by atoms with Crippen LogP contribution in [0.2, 0.25) is 0 Å². The van der Waals surface area contributed by atoms with Gasteiger partial charge in [0, 0.05) is 11.6 Å². The Bertz CT molecular complexity index is 676. The van der Waals surface area contributed by atoms with Crippen LogP contribution in [0.3, 0.4) is 0 Å². The van der Waals surface area contributed by atoms with Crippen molar-refractivity contribution in [3.63, 3.8) is 0 Å². The molecule has 0 atom stereocenters. The molecule has 7 nitrogen and oxygen atoms in total. The number of anilines is 1. The number of nitrogens with two attached hydrogens (primary N) is 1. The number of nitrogens with one attached hydrogen (secondary N) is 1. The van der Waals surface area contributed by atoms with E-state index in [2.05, 4.69) is 43.0 Å². The Morgan fingerprint density at radius 1 is 1.32 bits per heavy atom. The highest BCUT2D eigenvalue weighted by molar-refractivity contribution is 5.69. The van der Waals surface area contributed by atoms with E-state index in [-0.39, 0.29) is 12.7 Å². The predicted octanol–water partition coefficient (Wildman–Crippen LogP) is 2.60. The van der Waals surface area contributed by atoms with Crippen LogP contribution < -0.4 is 5.73 Å². The number of nitrogen functional groups attached to an aromatic ring is 1. The summed E-state index contributed by atoms with van der Waals surface area (Å²) in [6.07, 6.45) is -0.340. The van der Waals surface area contributed by atoms with E-state index in [9.17, 15) is 4.79 Å². The number of ether oxygens (including phenoxy) is 1. The Labute approximate surface area is 148 Å². The van der Waals surface area contributed by atoms with Crippen LogP contribution in [0.5, 0.6) is 0 Å². The number of aromatic amines is 1. The molecule has 1 amide bonds. The van der Waals surface area contributed by atoms with Crippen LogP contribution in [-0.4, -0.2) is 46.2 Å². The Morgan fingerprint density at radius 2 is 1.96 bits per heavy atom. The topological polar surface area (TPSA) is 87.5 Å². The van der Waals surface area contributed by atoms with Gasteiger partial charge >= 0.3 is 6.09 Å². The normalized spacial score (nSPS) is 12.8. The number of carbonyl (C=O) groups excluding carboxylic acids is 1. The van der Waals surface area contributed by atoms with E-state index in [0.29, 0.717) is 24.9 Å². The molecule has 0 saturated carbocycles. The fourth-order valence-corrected chi connectivity index (χ4v) is 2.10. The fraction of sp³-hybridized carbons (Fsp3) is 0.444. The fourth-order valence-electron chi connectivity index (χ4n) is 2.10. The van der Waals surface area contributed by atoms with Crippen molar-refractivity contribution >= 4 is 11.9 Å². The average Bonchev–Trinajstić information content (AvgIpc) is 3.16. The summed E-state index contributed by atoms with van der Waals surface area (Å²) in [5, 5.41) is 6.72. The van der Waals surface area contributed by atoms with Crippen LogP contribution in [0.4, 0.5) is 10.6 Å². The molecule has 0 radical (unpaired) electrons. The van der Waals surface area contributed by atoms with Crippen molar-refractivity contribution in [2.75, 3.05) is 19.8 Å². The van der Waals surface area contributed by atoms with Gasteiger partial charge in [-0.25, -0.2) is 4.79 Å². The van der Waals surface area contributed by atoms with Crippen LogP contribution in [0.25, 0.3) is 0 Å². The first-order valence-electron chi connectivity index (χ1n) is 8.32. The summed E-state index contributed by atoms with van der Waals surface area (Å²) in [6, 6.07) is 10.3. The summed E-state index contributed by atoms with van der Waals surface area (Å²) in [7, 11) is 4.15. The van der Waals surface area contributed by atoms with Gasteiger partial charge < -0.3 is 15.4 Å². The largest absolute Gasteiger partial charge is 0.445 e. The number of hydrogen-bond donors (Lipinski definition) is 2. The zero-order valence-electron chi connectivity index (χ0n) is 15.3. The molecule has 2 aromatic rings. The third-order valence-electron chi connectivity index (χ3n) is 4.18. The monoisotopic (exact) mass is 345 g/mol. The molecule has 1 aromatic heterocycles. The smallest absolute Gasteiger partial charge is 0.410 e. The lowest BCUT2D eigenvalue weighted by Crippen LogP contribution is -2.26. The van der Waals surface area contributed by atoms with Crippen LogP contribution >= 0.6 is 0 Å². The second kappa shape index (κ2) is 8.53. The number of rotatable bonds is 3. The second-order valence-electron chi connectivity index (χ2n) is 6.52. The van der Waals surface area contributed by atoms with Crippen molar-refractivity contribution in [1.82, 2.24) is 20.0 Å². The molecule has 0 spiro atoms. The summed E-state index contributed by atoms with van der Waals surface area (Å²) in [4.78, 5) is 15.7. The van der Waals surface area contributed by atoms with E-state index in [1.165, 1.54) is 0 Å². The summed E-state index contributed by atoms with van der Waals surface area (Å²) in [6.45, 7) is 5.52. The molecular formula is C18H27N5O2. The molecule has 136 valence electrons. The molecule has 7 heteroatoms. The van der Waals surface area contributed by atoms with Gasteiger partial charge in [-0.3, -0.25) is 10.00 Å². The summed E-state index contributed by atoms with van der Waals surface area (Å²) in [5.41, 5.74) is 8.43. The lowest BCUT2D eigenvalue weighted by atomic mass is 10.2. The number of aromatic nitrogens is 2. The first-order chi connectivity index (χ1) is 11.9. The Morgan fingerprint density at radius 3 is 2.52 bits per heavy atom. The quantitative estimate of drug-likeness (QED) is 0.893. The SMILES string of the molecule is CC(C)N(C)C.Nc1n[nH]c2c1CN(C(=O)OCc1ccccc1)C2. The molecule has 1 aliphatic heterocycles. The third-order valence-corrected chi connectivity index (χ3v) is 4.18. The van der Waals surface area contributed by atoms with E-state index in [1.54, 1.807) is 4.90 Å². The number of hydrogen-bond acceptors (Lipinski definition) is 5. The minimum absolute atomic E-state index is 0.276. The van der Waals surface area contributed by atoms with E-state index in [4.69, 9.17) is 10.5 Å². The van der Waals surface area contributed by atoms with Gasteiger partial charge in [-0.2, -0.15) is 5.10 Å². The molecule has 1 aromatic carbocycles. The Balaban J connectivity index is 0.000000326. The van der Waals surface area contributed by atoms with Crippen molar-refractivity contribution in [3.8, 4) is 0 Å². The maximum absolute atomic E-state index is 11.9. The Kier molecular flexibility index (Phi) is 6.41. The van der Waals surface area contributed by atoms with Gasteiger partial charge in [-0.15, -0.1) is 0 Å². The number of nitrogens with zero attached hydrogens (tertiary/aromatic N) is 3. The van der Waals surface area contributed by atoms with Crippen LogP contribution in [0, 0.1) is 0 Å². The van der Waals surface area contributed by atoms with Gasteiger partial charge in [0.25, 0.3) is 0 Å². The van der Waals surface area contributed by atoms with Crippen molar-refractivity contribution in [3.05, 3.63) is 47.2 Å². The maximum Gasteiger partial charge on any atom is 0.410 e. The maximum atomic E-state index is 11.9. The van der Waals surface area contributed by atoms with E-state index in [1.807, 2.05) is 30.3 Å². The summed E-state index contributed by atoms with van der Waals surface area (Å²) >= 11 is 0. The molecule has 1 aliphatic rings. The molecule has 3 rings (SSSR count). The van der Waals surface area contributed by atoms with Gasteiger partial charge in [0.1, 0.15) is 6.61 Å². The summed E-state index contributed by atoms with van der Waals surface area (Å²) < 4.78 is 5.26. The van der Waals surface area contributed by atoms with Gasteiger partial charge in [0.15, 0.2) is 5.82 Å². The van der Waals surface area contributed by atoms with Gasteiger partial charge in [-0.1, -0.05) is 30.3 Å². The van der Waals surface area contributed by atoms with Gasteiger partial charge in [0.2, 0.25) is 0 Å². The highest BCUT2D eigenvalue weighted by Crippen LogP contribution is 2.25. The number of benzene rings is 1. The van der Waals surface area contributed by atoms with Crippen LogP contribution in [-0.2, 0) is 24.4 Å². The molecule has 0 bridgehead atoms. The number of carbonyl (C=O) groups is 1. The third kappa shape index (κ3) is 5.22.